The summed E-state index contributed by atoms with van der Waals surface area (Å²) in [5.41, 5.74) is 5.51. The number of methoxy groups -OCH3 is 1. The molecule has 0 aliphatic heterocycles. The standard InChI is InChI=1S/C11H18N4O5S/c1-3-8-10(11(17)20-2)13-14-15(8)5-7-21(18,19)6-4-9(12)16/h3-7H2,1-2H3,(H2,12,16). The average molecular weight is 318 g/mol. The summed E-state index contributed by atoms with van der Waals surface area (Å²) in [6.07, 6.45) is 0.243. The Morgan fingerprint density at radius 3 is 2.52 bits per heavy atom. The molecule has 0 aromatic carbocycles. The molecule has 1 aromatic heterocycles. The number of esters is 1. The average Bonchev–Trinajstić information content (AvgIpc) is 2.85. The van der Waals surface area contributed by atoms with Crippen LogP contribution in [0.5, 0.6) is 0 Å². The van der Waals surface area contributed by atoms with Gasteiger partial charge in [0, 0.05) is 6.42 Å². The molecule has 1 amide bonds. The zero-order valence-corrected chi connectivity index (χ0v) is 12.7. The molecule has 0 fully saturated rings. The van der Waals surface area contributed by atoms with Gasteiger partial charge in [-0.05, 0) is 6.42 Å². The van der Waals surface area contributed by atoms with Crippen molar-refractivity contribution in [1.82, 2.24) is 15.0 Å². The molecule has 0 bridgehead atoms. The zero-order valence-electron chi connectivity index (χ0n) is 11.9. The number of hydrogen-bond acceptors (Lipinski definition) is 7. The van der Waals surface area contributed by atoms with E-state index in [0.29, 0.717) is 12.1 Å². The summed E-state index contributed by atoms with van der Waals surface area (Å²) in [5.74, 6) is -1.80. The lowest BCUT2D eigenvalue weighted by molar-refractivity contribution is -0.117. The second-order valence-corrected chi connectivity index (χ2v) is 6.62. The molecule has 118 valence electrons. The molecule has 1 aromatic rings. The van der Waals surface area contributed by atoms with E-state index in [4.69, 9.17) is 5.73 Å². The number of rotatable bonds is 8. The molecule has 21 heavy (non-hydrogen) atoms. The molecule has 2 N–H and O–H groups in total. The van der Waals surface area contributed by atoms with Crippen LogP contribution in [0.3, 0.4) is 0 Å². The second kappa shape index (κ2) is 7.16. The molecule has 0 aliphatic carbocycles. The normalized spacial score (nSPS) is 11.3. The highest BCUT2D eigenvalue weighted by Crippen LogP contribution is 2.08. The molecule has 0 saturated carbocycles. The SMILES string of the molecule is CCc1c(C(=O)OC)nnn1CCS(=O)(=O)CCC(N)=O. The Balaban J connectivity index is 2.78. The summed E-state index contributed by atoms with van der Waals surface area (Å²) in [6.45, 7) is 1.84. The number of carbonyl (C=O) groups is 2. The largest absolute Gasteiger partial charge is 0.464 e. The predicted octanol–water partition coefficient (Wildman–Crippen LogP) is -1.08. The van der Waals surface area contributed by atoms with Gasteiger partial charge in [-0.25, -0.2) is 17.9 Å². The molecule has 9 nitrogen and oxygen atoms in total. The van der Waals surface area contributed by atoms with Crippen molar-refractivity contribution < 1.29 is 22.7 Å². The zero-order chi connectivity index (χ0) is 16.0. The van der Waals surface area contributed by atoms with Gasteiger partial charge in [-0.2, -0.15) is 0 Å². The van der Waals surface area contributed by atoms with Gasteiger partial charge in [0.15, 0.2) is 15.5 Å². The molecule has 10 heteroatoms. The lowest BCUT2D eigenvalue weighted by atomic mass is 10.2. The third-order valence-electron chi connectivity index (χ3n) is 2.82. The molecule has 0 unspecified atom stereocenters. The number of nitrogens with zero attached hydrogens (tertiary/aromatic N) is 3. The fourth-order valence-electron chi connectivity index (χ4n) is 1.70. The Kier molecular flexibility index (Phi) is 5.82. The van der Waals surface area contributed by atoms with Crippen LogP contribution in [-0.2, 0) is 32.3 Å². The fourth-order valence-corrected chi connectivity index (χ4v) is 2.87. The maximum absolute atomic E-state index is 11.7. The lowest BCUT2D eigenvalue weighted by Crippen LogP contribution is -2.22. The third-order valence-corrected chi connectivity index (χ3v) is 4.46. The number of aromatic nitrogens is 3. The third kappa shape index (κ3) is 4.81. The Morgan fingerprint density at radius 1 is 1.33 bits per heavy atom. The van der Waals surface area contributed by atoms with Crippen molar-refractivity contribution in [2.75, 3.05) is 18.6 Å². The van der Waals surface area contributed by atoms with E-state index in [1.54, 1.807) is 6.92 Å². The van der Waals surface area contributed by atoms with Crippen LogP contribution in [0.2, 0.25) is 0 Å². The number of amides is 1. The topological polar surface area (TPSA) is 134 Å². The predicted molar refractivity (Wildman–Crippen MR) is 73.2 cm³/mol. The van der Waals surface area contributed by atoms with E-state index in [-0.39, 0.29) is 30.2 Å². The quantitative estimate of drug-likeness (QED) is 0.602. The minimum atomic E-state index is -3.42. The van der Waals surface area contributed by atoms with Gasteiger partial charge in [0.2, 0.25) is 5.91 Å². The van der Waals surface area contributed by atoms with Crippen molar-refractivity contribution in [3.05, 3.63) is 11.4 Å². The van der Waals surface area contributed by atoms with E-state index in [1.165, 1.54) is 11.8 Å². The van der Waals surface area contributed by atoms with Gasteiger partial charge in [0.1, 0.15) is 0 Å². The van der Waals surface area contributed by atoms with Crippen LogP contribution >= 0.6 is 0 Å². The number of primary amides is 1. The molecular weight excluding hydrogens is 300 g/mol. The maximum Gasteiger partial charge on any atom is 0.360 e. The fraction of sp³-hybridized carbons (Fsp3) is 0.636. The van der Waals surface area contributed by atoms with Crippen LogP contribution < -0.4 is 5.73 Å². The van der Waals surface area contributed by atoms with Gasteiger partial charge in [-0.1, -0.05) is 12.1 Å². The number of aryl methyl sites for hydroxylation is 1. The van der Waals surface area contributed by atoms with Crippen LogP contribution in [0.4, 0.5) is 0 Å². The number of hydrogen-bond donors (Lipinski definition) is 1. The van der Waals surface area contributed by atoms with Crippen LogP contribution in [-0.4, -0.2) is 53.9 Å². The van der Waals surface area contributed by atoms with Gasteiger partial charge in [-0.15, -0.1) is 5.10 Å². The maximum atomic E-state index is 11.7. The van der Waals surface area contributed by atoms with Crippen molar-refractivity contribution in [3.63, 3.8) is 0 Å². The first-order chi connectivity index (χ1) is 9.80. The van der Waals surface area contributed by atoms with E-state index >= 15 is 0 Å². The summed E-state index contributed by atoms with van der Waals surface area (Å²) < 4.78 is 29.4. The summed E-state index contributed by atoms with van der Waals surface area (Å²) in [4.78, 5) is 22.1. The molecule has 1 rings (SSSR count). The van der Waals surface area contributed by atoms with Crippen molar-refractivity contribution in [2.45, 2.75) is 26.3 Å². The van der Waals surface area contributed by atoms with Crippen molar-refractivity contribution >= 4 is 21.7 Å². The second-order valence-electron chi connectivity index (χ2n) is 4.32. The van der Waals surface area contributed by atoms with E-state index < -0.39 is 21.7 Å². The summed E-state index contributed by atoms with van der Waals surface area (Å²) >= 11 is 0. The highest BCUT2D eigenvalue weighted by molar-refractivity contribution is 7.91. The monoisotopic (exact) mass is 318 g/mol. The number of carbonyl (C=O) groups excluding carboxylic acids is 2. The van der Waals surface area contributed by atoms with Crippen LogP contribution in [0.1, 0.15) is 29.5 Å². The minimum absolute atomic E-state index is 0.0499. The molecule has 0 saturated heterocycles. The van der Waals surface area contributed by atoms with Crippen LogP contribution in [0.15, 0.2) is 0 Å². The molecule has 0 aliphatic rings. The Bertz CT molecular complexity index is 623. The van der Waals surface area contributed by atoms with Crippen LogP contribution in [0.25, 0.3) is 0 Å². The van der Waals surface area contributed by atoms with E-state index in [9.17, 15) is 18.0 Å². The highest BCUT2D eigenvalue weighted by atomic mass is 32.2. The Morgan fingerprint density at radius 2 is 2.00 bits per heavy atom. The van der Waals surface area contributed by atoms with E-state index in [2.05, 4.69) is 15.0 Å². The van der Waals surface area contributed by atoms with Gasteiger partial charge in [0.05, 0.1) is 30.9 Å². The Labute approximate surface area is 122 Å². The van der Waals surface area contributed by atoms with Crippen LogP contribution in [0, 0.1) is 0 Å². The van der Waals surface area contributed by atoms with Crippen molar-refractivity contribution in [3.8, 4) is 0 Å². The summed E-state index contributed by atoms with van der Waals surface area (Å²) in [7, 11) is -2.19. The summed E-state index contributed by atoms with van der Waals surface area (Å²) in [5, 5.41) is 7.47. The lowest BCUT2D eigenvalue weighted by Gasteiger charge is -2.06. The van der Waals surface area contributed by atoms with Crippen molar-refractivity contribution in [2.24, 2.45) is 5.73 Å². The van der Waals surface area contributed by atoms with E-state index in [1.807, 2.05) is 0 Å². The first-order valence-electron chi connectivity index (χ1n) is 6.30. The van der Waals surface area contributed by atoms with Gasteiger partial charge in [0.25, 0.3) is 0 Å². The smallest absolute Gasteiger partial charge is 0.360 e. The molecule has 0 spiro atoms. The highest BCUT2D eigenvalue weighted by Gasteiger charge is 2.20. The molecule has 0 atom stereocenters. The number of ether oxygens (including phenoxy) is 1. The first kappa shape index (κ1) is 17.1. The number of sulfone groups is 1. The molecule has 0 radical (unpaired) electrons. The van der Waals surface area contributed by atoms with Gasteiger partial charge in [-0.3, -0.25) is 4.79 Å². The first-order valence-corrected chi connectivity index (χ1v) is 8.12. The molecule has 1 heterocycles. The van der Waals surface area contributed by atoms with Gasteiger partial charge < -0.3 is 10.5 Å². The van der Waals surface area contributed by atoms with Gasteiger partial charge >= 0.3 is 5.97 Å². The van der Waals surface area contributed by atoms with Crippen molar-refractivity contribution in [1.29, 1.82) is 0 Å². The Hall–Kier alpha value is -1.97. The minimum Gasteiger partial charge on any atom is -0.464 e. The summed E-state index contributed by atoms with van der Waals surface area (Å²) in [6, 6.07) is 0. The molecular formula is C11H18N4O5S. The van der Waals surface area contributed by atoms with E-state index in [0.717, 1.165) is 0 Å². The number of nitrogens with two attached hydrogens (primary N) is 1.